The monoisotopic (exact) mass is 397 g/mol. The molecule has 1 N–H and O–H groups in total. The maximum atomic E-state index is 12.1. The van der Waals surface area contributed by atoms with E-state index in [0.29, 0.717) is 30.8 Å². The summed E-state index contributed by atoms with van der Waals surface area (Å²) < 4.78 is 33.6. The fourth-order valence-corrected chi connectivity index (χ4v) is 4.21. The van der Waals surface area contributed by atoms with Crippen LogP contribution in [0, 0.1) is 5.92 Å². The van der Waals surface area contributed by atoms with Crippen LogP contribution in [0.1, 0.15) is 44.0 Å². The van der Waals surface area contributed by atoms with Gasteiger partial charge in [0.25, 0.3) is 0 Å². The Labute approximate surface area is 160 Å². The molecule has 1 aromatic carbocycles. The molecule has 1 aliphatic heterocycles. The molecule has 0 bridgehead atoms. The van der Waals surface area contributed by atoms with Crippen LogP contribution in [0.4, 0.5) is 4.79 Å². The lowest BCUT2D eigenvalue weighted by Gasteiger charge is -2.22. The van der Waals surface area contributed by atoms with Crippen molar-refractivity contribution in [3.8, 4) is 5.75 Å². The standard InChI is InChI=1S/C19H27NO6S/c1-19(2,3)26-18(22)20-12-17(21)15-4-6-16(7-5-15)25-13-14-8-10-27(23,24)11-9-14/h4-7,14H,8-13H2,1-3H3,(H,20,22). The summed E-state index contributed by atoms with van der Waals surface area (Å²) in [5, 5.41) is 2.44. The molecule has 2 rings (SSSR count). The maximum absolute atomic E-state index is 12.1. The lowest BCUT2D eigenvalue weighted by molar-refractivity contribution is 0.0520. The minimum absolute atomic E-state index is 0.147. The Balaban J connectivity index is 1.77. The Hall–Kier alpha value is -2.09. The quantitative estimate of drug-likeness (QED) is 0.741. The molecule has 0 spiro atoms. The van der Waals surface area contributed by atoms with Gasteiger partial charge in [-0.15, -0.1) is 0 Å². The van der Waals surface area contributed by atoms with Gasteiger partial charge in [-0.2, -0.15) is 0 Å². The molecule has 150 valence electrons. The van der Waals surface area contributed by atoms with E-state index in [-0.39, 0.29) is 29.8 Å². The van der Waals surface area contributed by atoms with Gasteiger partial charge in [-0.1, -0.05) is 0 Å². The van der Waals surface area contributed by atoms with Gasteiger partial charge in [0.15, 0.2) is 5.78 Å². The number of ether oxygens (including phenoxy) is 2. The summed E-state index contributed by atoms with van der Waals surface area (Å²) >= 11 is 0. The molecule has 0 atom stereocenters. The Morgan fingerprint density at radius 3 is 2.26 bits per heavy atom. The van der Waals surface area contributed by atoms with Crippen LogP contribution in [0.3, 0.4) is 0 Å². The summed E-state index contributed by atoms with van der Waals surface area (Å²) in [5.41, 5.74) is -0.156. The summed E-state index contributed by atoms with van der Waals surface area (Å²) in [6.45, 7) is 5.56. The minimum Gasteiger partial charge on any atom is -0.493 e. The number of nitrogens with one attached hydrogen (secondary N) is 1. The van der Waals surface area contributed by atoms with E-state index in [4.69, 9.17) is 9.47 Å². The zero-order valence-electron chi connectivity index (χ0n) is 16.0. The van der Waals surface area contributed by atoms with E-state index in [2.05, 4.69) is 5.32 Å². The first-order valence-corrected chi connectivity index (χ1v) is 10.8. The molecule has 7 nitrogen and oxygen atoms in total. The highest BCUT2D eigenvalue weighted by molar-refractivity contribution is 7.91. The molecule has 1 aliphatic rings. The molecule has 1 fully saturated rings. The van der Waals surface area contributed by atoms with E-state index in [1.165, 1.54) is 0 Å². The van der Waals surface area contributed by atoms with Crippen molar-refractivity contribution in [2.75, 3.05) is 24.7 Å². The number of sulfone groups is 1. The van der Waals surface area contributed by atoms with Gasteiger partial charge in [-0.3, -0.25) is 4.79 Å². The highest BCUT2D eigenvalue weighted by Gasteiger charge is 2.24. The fourth-order valence-electron chi connectivity index (χ4n) is 2.63. The summed E-state index contributed by atoms with van der Waals surface area (Å²) in [5.74, 6) is 1.07. The van der Waals surface area contributed by atoms with Crippen LogP contribution in [0.25, 0.3) is 0 Å². The van der Waals surface area contributed by atoms with Crippen LogP contribution in [-0.2, 0) is 14.6 Å². The van der Waals surface area contributed by atoms with E-state index in [1.54, 1.807) is 45.0 Å². The average Bonchev–Trinajstić information content (AvgIpc) is 2.58. The second-order valence-corrected chi connectivity index (χ2v) is 10.0. The second kappa shape index (κ2) is 8.73. The van der Waals surface area contributed by atoms with Gasteiger partial charge in [0, 0.05) is 5.56 Å². The summed E-state index contributed by atoms with van der Waals surface area (Å²) in [6.07, 6.45) is 0.607. The number of amides is 1. The minimum atomic E-state index is -2.87. The fraction of sp³-hybridized carbons (Fsp3) is 0.579. The normalized spacial score (nSPS) is 17.1. The first kappa shape index (κ1) is 21.2. The Morgan fingerprint density at radius 2 is 1.70 bits per heavy atom. The first-order valence-electron chi connectivity index (χ1n) is 8.97. The predicted octanol–water partition coefficient (Wildman–Crippen LogP) is 2.60. The lowest BCUT2D eigenvalue weighted by Crippen LogP contribution is -2.35. The number of alkyl carbamates (subject to hydrolysis) is 1. The lowest BCUT2D eigenvalue weighted by atomic mass is 10.0. The van der Waals surface area contributed by atoms with Crippen LogP contribution in [0.15, 0.2) is 24.3 Å². The second-order valence-electron chi connectivity index (χ2n) is 7.71. The maximum Gasteiger partial charge on any atom is 0.408 e. The number of hydrogen-bond acceptors (Lipinski definition) is 6. The van der Waals surface area contributed by atoms with Crippen molar-refractivity contribution in [3.05, 3.63) is 29.8 Å². The number of ketones is 1. The number of carbonyl (C=O) groups is 2. The Kier molecular flexibility index (Phi) is 6.86. The molecule has 1 saturated heterocycles. The summed E-state index contributed by atoms with van der Waals surface area (Å²) in [6, 6.07) is 6.67. The third-order valence-electron chi connectivity index (χ3n) is 4.13. The van der Waals surface area contributed by atoms with Gasteiger partial charge < -0.3 is 14.8 Å². The molecule has 1 heterocycles. The average molecular weight is 397 g/mol. The molecule has 27 heavy (non-hydrogen) atoms. The van der Waals surface area contributed by atoms with Gasteiger partial charge in [0.1, 0.15) is 21.2 Å². The topological polar surface area (TPSA) is 98.8 Å². The van der Waals surface area contributed by atoms with Crippen LogP contribution in [0.2, 0.25) is 0 Å². The van der Waals surface area contributed by atoms with Gasteiger partial charge in [-0.05, 0) is 63.8 Å². The number of rotatable bonds is 6. The number of Topliss-reactive ketones (excluding diaryl/α,β-unsaturated/α-hetero) is 1. The highest BCUT2D eigenvalue weighted by atomic mass is 32.2. The van der Waals surface area contributed by atoms with Crippen molar-refractivity contribution < 1.29 is 27.5 Å². The smallest absolute Gasteiger partial charge is 0.408 e. The molecule has 1 aromatic rings. The van der Waals surface area contributed by atoms with Gasteiger partial charge in [0.2, 0.25) is 0 Å². The van der Waals surface area contributed by atoms with Crippen molar-refractivity contribution in [1.82, 2.24) is 5.32 Å². The third-order valence-corrected chi connectivity index (χ3v) is 5.84. The van der Waals surface area contributed by atoms with Gasteiger partial charge in [-0.25, -0.2) is 13.2 Å². The van der Waals surface area contributed by atoms with Crippen LogP contribution in [-0.4, -0.2) is 50.6 Å². The summed E-state index contributed by atoms with van der Waals surface area (Å²) in [7, 11) is -2.87. The van der Waals surface area contributed by atoms with Crippen molar-refractivity contribution in [3.63, 3.8) is 0 Å². The summed E-state index contributed by atoms with van der Waals surface area (Å²) in [4.78, 5) is 23.7. The molecule has 0 aliphatic carbocycles. The molecule has 0 radical (unpaired) electrons. The van der Waals surface area contributed by atoms with Crippen LogP contribution in [0.5, 0.6) is 5.75 Å². The number of carbonyl (C=O) groups excluding carboxylic acids is 2. The van der Waals surface area contributed by atoms with Crippen LogP contribution >= 0.6 is 0 Å². The van der Waals surface area contributed by atoms with Crippen molar-refractivity contribution in [1.29, 1.82) is 0 Å². The zero-order chi connectivity index (χ0) is 20.1. The van der Waals surface area contributed by atoms with E-state index in [0.717, 1.165) is 0 Å². The molecule has 0 unspecified atom stereocenters. The van der Waals surface area contributed by atoms with E-state index in [1.807, 2.05) is 0 Å². The zero-order valence-corrected chi connectivity index (χ0v) is 16.8. The molecular weight excluding hydrogens is 370 g/mol. The molecular formula is C19H27NO6S. The van der Waals surface area contributed by atoms with Crippen molar-refractivity contribution >= 4 is 21.7 Å². The predicted molar refractivity (Wildman–Crippen MR) is 102 cm³/mol. The van der Waals surface area contributed by atoms with Crippen molar-refractivity contribution in [2.24, 2.45) is 5.92 Å². The number of hydrogen-bond donors (Lipinski definition) is 1. The third kappa shape index (κ3) is 7.58. The van der Waals surface area contributed by atoms with Gasteiger partial charge in [0.05, 0.1) is 24.7 Å². The largest absolute Gasteiger partial charge is 0.493 e. The molecule has 0 aromatic heterocycles. The Morgan fingerprint density at radius 1 is 1.11 bits per heavy atom. The molecule has 8 heteroatoms. The van der Waals surface area contributed by atoms with E-state index < -0.39 is 21.5 Å². The Bertz CT molecular complexity index is 750. The molecule has 1 amide bonds. The van der Waals surface area contributed by atoms with E-state index >= 15 is 0 Å². The van der Waals surface area contributed by atoms with E-state index in [9.17, 15) is 18.0 Å². The first-order chi connectivity index (χ1) is 12.5. The van der Waals surface area contributed by atoms with Crippen molar-refractivity contribution in [2.45, 2.75) is 39.2 Å². The molecule has 0 saturated carbocycles. The van der Waals surface area contributed by atoms with Crippen LogP contribution < -0.4 is 10.1 Å². The highest BCUT2D eigenvalue weighted by Crippen LogP contribution is 2.21. The van der Waals surface area contributed by atoms with Gasteiger partial charge >= 0.3 is 6.09 Å². The SMILES string of the molecule is CC(C)(C)OC(=O)NCC(=O)c1ccc(OCC2CCS(=O)(=O)CC2)cc1. The number of benzene rings is 1.